The van der Waals surface area contributed by atoms with E-state index in [9.17, 15) is 4.79 Å². The van der Waals surface area contributed by atoms with Crippen molar-refractivity contribution in [2.75, 3.05) is 31.1 Å². The second-order valence-corrected chi connectivity index (χ2v) is 5.98. The molecule has 126 valence electrons. The molecule has 3 heterocycles. The molecule has 4 rings (SSSR count). The van der Waals surface area contributed by atoms with Crippen molar-refractivity contribution in [2.45, 2.75) is 0 Å². The van der Waals surface area contributed by atoms with Gasteiger partial charge in [-0.2, -0.15) is 0 Å². The molecular weight excluding hydrogens is 314 g/mol. The summed E-state index contributed by atoms with van der Waals surface area (Å²) in [6, 6.07) is 15.6. The quantitative estimate of drug-likeness (QED) is 0.799. The minimum absolute atomic E-state index is 0.0378. The average Bonchev–Trinajstić information content (AvgIpc) is 3.19. The number of hydrogen-bond donors (Lipinski definition) is 1. The molecule has 6 heteroatoms. The molecule has 0 bridgehead atoms. The van der Waals surface area contributed by atoms with E-state index in [0.29, 0.717) is 18.8 Å². The van der Waals surface area contributed by atoms with E-state index in [-0.39, 0.29) is 5.91 Å². The molecule has 0 saturated carbocycles. The molecule has 25 heavy (non-hydrogen) atoms. The molecule has 0 aliphatic carbocycles. The molecule has 6 nitrogen and oxygen atoms in total. The number of hydrogen-bond acceptors (Lipinski definition) is 4. The smallest absolute Gasteiger partial charge is 0.270 e. The van der Waals surface area contributed by atoms with Crippen LogP contribution in [0.5, 0.6) is 0 Å². The van der Waals surface area contributed by atoms with Crippen LogP contribution in [-0.4, -0.2) is 51.9 Å². The Morgan fingerprint density at radius 3 is 2.32 bits per heavy atom. The zero-order valence-electron chi connectivity index (χ0n) is 13.8. The monoisotopic (exact) mass is 333 g/mol. The Bertz CT molecular complexity index is 839. The van der Waals surface area contributed by atoms with Crippen LogP contribution in [0.1, 0.15) is 10.5 Å². The van der Waals surface area contributed by atoms with Crippen LogP contribution < -0.4 is 4.90 Å². The molecule has 1 aliphatic rings. The topological polar surface area (TPSA) is 65.1 Å². The maximum Gasteiger partial charge on any atom is 0.270 e. The molecule has 0 atom stereocenters. The van der Waals surface area contributed by atoms with E-state index in [1.165, 1.54) is 0 Å². The van der Waals surface area contributed by atoms with E-state index in [0.717, 1.165) is 30.3 Å². The third kappa shape index (κ3) is 3.24. The predicted octanol–water partition coefficient (Wildman–Crippen LogP) is 2.43. The summed E-state index contributed by atoms with van der Waals surface area (Å²) >= 11 is 0. The number of carbonyl (C=O) groups excluding carboxylic acids is 1. The van der Waals surface area contributed by atoms with Gasteiger partial charge in [0.1, 0.15) is 5.69 Å². The minimum atomic E-state index is 0.0378. The summed E-state index contributed by atoms with van der Waals surface area (Å²) in [6.07, 6.45) is 3.48. The van der Waals surface area contributed by atoms with Gasteiger partial charge in [-0.25, -0.2) is 9.97 Å². The van der Waals surface area contributed by atoms with Crippen molar-refractivity contribution < 1.29 is 4.79 Å². The number of aromatic amines is 1. The second kappa shape index (κ2) is 6.76. The molecule has 1 aliphatic heterocycles. The number of carbonyl (C=O) groups is 1. The number of anilines is 1. The summed E-state index contributed by atoms with van der Waals surface area (Å²) in [6.45, 7) is 2.80. The van der Waals surface area contributed by atoms with Gasteiger partial charge < -0.3 is 14.8 Å². The third-order valence-corrected chi connectivity index (χ3v) is 4.40. The van der Waals surface area contributed by atoms with Gasteiger partial charge in [-0.15, -0.1) is 0 Å². The highest BCUT2D eigenvalue weighted by atomic mass is 16.2. The number of amides is 1. The van der Waals surface area contributed by atoms with Crippen LogP contribution >= 0.6 is 0 Å². The maximum atomic E-state index is 12.7. The van der Waals surface area contributed by atoms with E-state index >= 15 is 0 Å². The van der Waals surface area contributed by atoms with Gasteiger partial charge >= 0.3 is 0 Å². The molecule has 1 aromatic carbocycles. The summed E-state index contributed by atoms with van der Waals surface area (Å²) in [5.74, 6) is 0.761. The summed E-state index contributed by atoms with van der Waals surface area (Å²) in [7, 11) is 0. The first-order chi connectivity index (χ1) is 12.3. The summed E-state index contributed by atoms with van der Waals surface area (Å²) in [4.78, 5) is 28.5. The Balaban J connectivity index is 1.42. The van der Waals surface area contributed by atoms with Gasteiger partial charge in [0.2, 0.25) is 5.95 Å². The van der Waals surface area contributed by atoms with Gasteiger partial charge in [-0.3, -0.25) is 4.79 Å². The summed E-state index contributed by atoms with van der Waals surface area (Å²) < 4.78 is 0. The fourth-order valence-corrected chi connectivity index (χ4v) is 3.04. The summed E-state index contributed by atoms with van der Waals surface area (Å²) in [5.41, 5.74) is 2.66. The first-order valence-corrected chi connectivity index (χ1v) is 8.37. The van der Waals surface area contributed by atoms with Gasteiger partial charge in [0.25, 0.3) is 5.91 Å². The fourth-order valence-electron chi connectivity index (χ4n) is 3.04. The molecule has 0 radical (unpaired) electrons. The lowest BCUT2D eigenvalue weighted by Gasteiger charge is -2.34. The van der Waals surface area contributed by atoms with Crippen molar-refractivity contribution in [3.63, 3.8) is 0 Å². The van der Waals surface area contributed by atoms with E-state index < -0.39 is 0 Å². The molecule has 1 amide bonds. The van der Waals surface area contributed by atoms with Crippen LogP contribution in [0.3, 0.4) is 0 Å². The van der Waals surface area contributed by atoms with Gasteiger partial charge in [-0.1, -0.05) is 30.3 Å². The first kappa shape index (κ1) is 15.4. The largest absolute Gasteiger partial charge is 0.351 e. The Hall–Kier alpha value is -3.15. The zero-order valence-corrected chi connectivity index (χ0v) is 13.8. The molecular formula is C19H19N5O. The molecule has 0 unspecified atom stereocenters. The van der Waals surface area contributed by atoms with Crippen molar-refractivity contribution in [1.29, 1.82) is 0 Å². The van der Waals surface area contributed by atoms with E-state index in [1.807, 2.05) is 47.4 Å². The van der Waals surface area contributed by atoms with E-state index in [2.05, 4.69) is 19.9 Å². The number of piperazine rings is 1. The Labute approximate surface area is 146 Å². The van der Waals surface area contributed by atoms with Crippen molar-refractivity contribution in [1.82, 2.24) is 19.9 Å². The van der Waals surface area contributed by atoms with E-state index in [4.69, 9.17) is 0 Å². The normalized spacial score (nSPS) is 14.6. The minimum Gasteiger partial charge on any atom is -0.351 e. The average molecular weight is 333 g/mol. The van der Waals surface area contributed by atoms with Crippen LogP contribution in [0.25, 0.3) is 11.3 Å². The Morgan fingerprint density at radius 1 is 0.880 bits per heavy atom. The lowest BCUT2D eigenvalue weighted by atomic mass is 10.2. The number of aromatic nitrogens is 3. The van der Waals surface area contributed by atoms with Gasteiger partial charge in [-0.05, 0) is 23.8 Å². The van der Waals surface area contributed by atoms with Crippen molar-refractivity contribution >= 4 is 11.9 Å². The van der Waals surface area contributed by atoms with Crippen LogP contribution in [0, 0.1) is 0 Å². The SMILES string of the molecule is O=C(c1ccc(-c2ccccc2)[nH]1)N1CCN(c2ncccn2)CC1. The Kier molecular flexibility index (Phi) is 4.16. The lowest BCUT2D eigenvalue weighted by Crippen LogP contribution is -2.49. The Morgan fingerprint density at radius 2 is 1.60 bits per heavy atom. The van der Waals surface area contributed by atoms with Crippen molar-refractivity contribution in [2.24, 2.45) is 0 Å². The van der Waals surface area contributed by atoms with E-state index in [1.54, 1.807) is 18.5 Å². The molecule has 0 spiro atoms. The number of nitrogens with one attached hydrogen (secondary N) is 1. The van der Waals surface area contributed by atoms with Gasteiger partial charge in [0.15, 0.2) is 0 Å². The molecule has 2 aromatic heterocycles. The van der Waals surface area contributed by atoms with Crippen LogP contribution in [0.2, 0.25) is 0 Å². The van der Waals surface area contributed by atoms with Crippen molar-refractivity contribution in [3.05, 3.63) is 66.6 Å². The standard InChI is InChI=1S/C19H19N5O/c25-18(17-8-7-16(22-17)15-5-2-1-3-6-15)23-11-13-24(14-12-23)19-20-9-4-10-21-19/h1-10,22H,11-14H2. The second-order valence-electron chi connectivity index (χ2n) is 5.98. The third-order valence-electron chi connectivity index (χ3n) is 4.40. The van der Waals surface area contributed by atoms with Crippen LogP contribution in [0.15, 0.2) is 60.9 Å². The van der Waals surface area contributed by atoms with Crippen molar-refractivity contribution in [3.8, 4) is 11.3 Å². The highest BCUT2D eigenvalue weighted by Crippen LogP contribution is 2.19. The molecule has 1 N–H and O–H groups in total. The molecule has 1 fully saturated rings. The summed E-state index contributed by atoms with van der Waals surface area (Å²) in [5, 5.41) is 0. The lowest BCUT2D eigenvalue weighted by molar-refractivity contribution is 0.0741. The maximum absolute atomic E-state index is 12.7. The van der Waals surface area contributed by atoms with Crippen LogP contribution in [0.4, 0.5) is 5.95 Å². The first-order valence-electron chi connectivity index (χ1n) is 8.37. The highest BCUT2D eigenvalue weighted by Gasteiger charge is 2.24. The number of nitrogens with zero attached hydrogens (tertiary/aromatic N) is 4. The van der Waals surface area contributed by atoms with Gasteiger partial charge in [0.05, 0.1) is 0 Å². The highest BCUT2D eigenvalue weighted by molar-refractivity contribution is 5.93. The number of H-pyrrole nitrogens is 1. The van der Waals surface area contributed by atoms with Gasteiger partial charge in [0, 0.05) is 44.3 Å². The van der Waals surface area contributed by atoms with Crippen LogP contribution in [-0.2, 0) is 0 Å². The number of benzene rings is 1. The predicted molar refractivity (Wildman–Crippen MR) is 96.4 cm³/mol. The zero-order chi connectivity index (χ0) is 17.1. The fraction of sp³-hybridized carbons (Fsp3) is 0.211. The molecule has 3 aromatic rings. The number of rotatable bonds is 3. The molecule has 1 saturated heterocycles.